The van der Waals surface area contributed by atoms with Crippen molar-refractivity contribution in [3.63, 3.8) is 0 Å². The zero-order valence-corrected chi connectivity index (χ0v) is 14.4. The van der Waals surface area contributed by atoms with Crippen molar-refractivity contribution in [1.29, 1.82) is 0 Å². The van der Waals surface area contributed by atoms with Gasteiger partial charge in [-0.1, -0.05) is 43.2 Å². The van der Waals surface area contributed by atoms with Crippen LogP contribution in [0.2, 0.25) is 0 Å². The first-order chi connectivity index (χ1) is 11.8. The molecule has 0 bridgehead atoms. The van der Waals surface area contributed by atoms with Gasteiger partial charge in [-0.2, -0.15) is 4.99 Å². The van der Waals surface area contributed by atoms with Crippen LogP contribution in [0.3, 0.4) is 0 Å². The molecule has 1 aromatic carbocycles. The van der Waals surface area contributed by atoms with Crippen LogP contribution in [0.4, 0.5) is 0 Å². The molecular formula is C18H22N4OS. The van der Waals surface area contributed by atoms with Gasteiger partial charge < -0.3 is 10.3 Å². The molecule has 2 N–H and O–H groups in total. The van der Waals surface area contributed by atoms with Crippen molar-refractivity contribution in [2.24, 2.45) is 10.9 Å². The molecule has 1 unspecified atom stereocenters. The molecule has 1 aliphatic heterocycles. The fourth-order valence-corrected chi connectivity index (χ4v) is 4.47. The highest BCUT2D eigenvalue weighted by atomic mass is 32.2. The standard InChI is InChI=1S/C18H22N4OS/c23-17-15(10-16-20-13-8-4-5-9-14(13)21-16)24-18(22-17)19-11-12-6-2-1-3-7-12/h4-5,8-9,12,15H,1-3,6-7,10-11H2,(H,20,21)(H,19,22,23). The van der Waals surface area contributed by atoms with Gasteiger partial charge in [0, 0.05) is 13.0 Å². The number of amides is 1. The van der Waals surface area contributed by atoms with E-state index in [4.69, 9.17) is 0 Å². The van der Waals surface area contributed by atoms with Crippen molar-refractivity contribution in [3.05, 3.63) is 30.1 Å². The molecule has 5 nitrogen and oxygen atoms in total. The first-order valence-electron chi connectivity index (χ1n) is 8.74. The number of benzene rings is 1. The Morgan fingerprint density at radius 1 is 1.21 bits per heavy atom. The summed E-state index contributed by atoms with van der Waals surface area (Å²) in [4.78, 5) is 24.2. The van der Waals surface area contributed by atoms with Crippen molar-refractivity contribution in [1.82, 2.24) is 15.3 Å². The van der Waals surface area contributed by atoms with Gasteiger partial charge in [-0.15, -0.1) is 0 Å². The number of amidine groups is 1. The van der Waals surface area contributed by atoms with Gasteiger partial charge in [-0.05, 0) is 30.9 Å². The van der Waals surface area contributed by atoms with Crippen LogP contribution in [0.1, 0.15) is 37.9 Å². The van der Waals surface area contributed by atoms with E-state index in [1.165, 1.54) is 32.1 Å². The molecule has 0 radical (unpaired) electrons. The number of carbonyl (C=O) groups excluding carboxylic acids is 1. The number of nitrogens with one attached hydrogen (secondary N) is 2. The number of fused-ring (bicyclic) bond motifs is 1. The monoisotopic (exact) mass is 342 g/mol. The van der Waals surface area contributed by atoms with Crippen molar-refractivity contribution in [2.75, 3.05) is 6.54 Å². The van der Waals surface area contributed by atoms with Crippen LogP contribution in [0, 0.1) is 5.92 Å². The Hall–Kier alpha value is -1.82. The van der Waals surface area contributed by atoms with Crippen LogP contribution in [-0.4, -0.2) is 32.8 Å². The van der Waals surface area contributed by atoms with E-state index in [0.717, 1.165) is 34.5 Å². The van der Waals surface area contributed by atoms with E-state index in [9.17, 15) is 4.79 Å². The van der Waals surface area contributed by atoms with Gasteiger partial charge in [0.15, 0.2) is 5.17 Å². The summed E-state index contributed by atoms with van der Waals surface area (Å²) in [5.41, 5.74) is 1.96. The number of aromatic amines is 1. The number of H-pyrrole nitrogens is 1. The van der Waals surface area contributed by atoms with E-state index in [1.54, 1.807) is 11.8 Å². The van der Waals surface area contributed by atoms with E-state index < -0.39 is 0 Å². The van der Waals surface area contributed by atoms with E-state index in [-0.39, 0.29) is 11.2 Å². The number of para-hydroxylation sites is 2. The molecular weight excluding hydrogens is 320 g/mol. The number of aromatic nitrogens is 2. The van der Waals surface area contributed by atoms with Gasteiger partial charge >= 0.3 is 0 Å². The number of imidazole rings is 1. The zero-order chi connectivity index (χ0) is 16.4. The minimum absolute atomic E-state index is 0.0494. The zero-order valence-electron chi connectivity index (χ0n) is 13.6. The van der Waals surface area contributed by atoms with Gasteiger partial charge in [-0.3, -0.25) is 4.79 Å². The van der Waals surface area contributed by atoms with Crippen LogP contribution in [0.25, 0.3) is 11.0 Å². The van der Waals surface area contributed by atoms with Gasteiger partial charge in [0.05, 0.1) is 11.0 Å². The van der Waals surface area contributed by atoms with Crippen LogP contribution < -0.4 is 5.32 Å². The number of rotatable bonds is 4. The second-order valence-corrected chi connectivity index (χ2v) is 7.84. The molecule has 1 fully saturated rings. The minimum atomic E-state index is -0.167. The third-order valence-corrected chi connectivity index (χ3v) is 5.94. The highest BCUT2D eigenvalue weighted by molar-refractivity contribution is 8.15. The summed E-state index contributed by atoms with van der Waals surface area (Å²) >= 11 is 1.54. The lowest BCUT2D eigenvalue weighted by Gasteiger charge is -2.21. The number of thioether (sulfide) groups is 1. The molecule has 1 aliphatic carbocycles. The van der Waals surface area contributed by atoms with Crippen molar-refractivity contribution in [2.45, 2.75) is 43.8 Å². The first kappa shape index (κ1) is 15.7. The minimum Gasteiger partial charge on any atom is -0.364 e. The molecule has 1 saturated carbocycles. The average Bonchev–Trinajstić information content (AvgIpc) is 3.17. The Labute approximate surface area is 145 Å². The fraction of sp³-hybridized carbons (Fsp3) is 0.500. The van der Waals surface area contributed by atoms with Crippen molar-refractivity contribution < 1.29 is 4.79 Å². The Morgan fingerprint density at radius 2 is 2.04 bits per heavy atom. The van der Waals surface area contributed by atoms with Crippen LogP contribution in [0.15, 0.2) is 29.3 Å². The third-order valence-electron chi connectivity index (χ3n) is 4.82. The lowest BCUT2D eigenvalue weighted by Crippen LogP contribution is -2.28. The maximum absolute atomic E-state index is 12.2. The molecule has 1 amide bonds. The first-order valence-corrected chi connectivity index (χ1v) is 9.62. The van der Waals surface area contributed by atoms with E-state index in [2.05, 4.69) is 20.3 Å². The summed E-state index contributed by atoms with van der Waals surface area (Å²) in [5.74, 6) is 1.53. The molecule has 4 rings (SSSR count). The van der Waals surface area contributed by atoms with Gasteiger partial charge in [0.1, 0.15) is 11.1 Å². The molecule has 2 aromatic rings. The smallest absolute Gasteiger partial charge is 0.262 e. The number of hydrogen-bond donors (Lipinski definition) is 2. The summed E-state index contributed by atoms with van der Waals surface area (Å²) in [5, 5.41) is 4.00. The molecule has 2 aliphatic rings. The van der Waals surface area contributed by atoms with Crippen molar-refractivity contribution in [3.8, 4) is 0 Å². The lowest BCUT2D eigenvalue weighted by atomic mass is 9.89. The summed E-state index contributed by atoms with van der Waals surface area (Å²) in [7, 11) is 0. The van der Waals surface area contributed by atoms with Crippen molar-refractivity contribution >= 4 is 33.9 Å². The highest BCUT2D eigenvalue weighted by Gasteiger charge is 2.30. The second-order valence-electron chi connectivity index (χ2n) is 6.65. The van der Waals surface area contributed by atoms with Crippen LogP contribution in [0.5, 0.6) is 0 Å². The third kappa shape index (κ3) is 3.48. The molecule has 0 spiro atoms. The molecule has 24 heavy (non-hydrogen) atoms. The Morgan fingerprint density at radius 3 is 2.88 bits per heavy atom. The second kappa shape index (κ2) is 6.97. The Kier molecular flexibility index (Phi) is 4.56. The average molecular weight is 342 g/mol. The maximum atomic E-state index is 12.2. The lowest BCUT2D eigenvalue weighted by molar-refractivity contribution is -0.117. The molecule has 0 saturated heterocycles. The number of carbonyl (C=O) groups is 1. The largest absolute Gasteiger partial charge is 0.364 e. The topological polar surface area (TPSA) is 70.1 Å². The number of nitrogens with zero attached hydrogens (tertiary/aromatic N) is 2. The van der Waals surface area contributed by atoms with E-state index in [1.807, 2.05) is 24.3 Å². The van der Waals surface area contributed by atoms with E-state index in [0.29, 0.717) is 6.42 Å². The highest BCUT2D eigenvalue weighted by Crippen LogP contribution is 2.26. The molecule has 1 aromatic heterocycles. The summed E-state index contributed by atoms with van der Waals surface area (Å²) < 4.78 is 0. The Balaban J connectivity index is 1.33. The fourth-order valence-electron chi connectivity index (χ4n) is 3.49. The van der Waals surface area contributed by atoms with Crippen LogP contribution in [-0.2, 0) is 11.2 Å². The molecule has 1 atom stereocenters. The predicted octanol–water partition coefficient (Wildman–Crippen LogP) is 3.27. The molecule has 2 heterocycles. The number of hydrogen-bond acceptors (Lipinski definition) is 4. The van der Waals surface area contributed by atoms with Crippen LogP contribution >= 0.6 is 11.8 Å². The molecule has 6 heteroatoms. The predicted molar refractivity (Wildman–Crippen MR) is 98.2 cm³/mol. The Bertz CT molecular complexity index is 730. The quantitative estimate of drug-likeness (QED) is 0.895. The summed E-state index contributed by atoms with van der Waals surface area (Å²) in [6.07, 6.45) is 7.21. The van der Waals surface area contributed by atoms with E-state index >= 15 is 0 Å². The van der Waals surface area contributed by atoms with Gasteiger partial charge in [-0.25, -0.2) is 4.98 Å². The summed E-state index contributed by atoms with van der Waals surface area (Å²) in [6.45, 7) is 0.941. The normalized spacial score (nSPS) is 22.1. The SMILES string of the molecule is O=C1N=C(NCC2CCCCC2)SC1Cc1nc2ccccc2[nH]1. The maximum Gasteiger partial charge on any atom is 0.262 e. The number of aliphatic imine (C=N–C) groups is 1. The molecule has 126 valence electrons. The van der Waals surface area contributed by atoms with Gasteiger partial charge in [0.25, 0.3) is 5.91 Å². The van der Waals surface area contributed by atoms with Gasteiger partial charge in [0.2, 0.25) is 0 Å². The summed E-state index contributed by atoms with van der Waals surface area (Å²) in [6, 6.07) is 7.94.